The summed E-state index contributed by atoms with van der Waals surface area (Å²) in [7, 11) is 0. The molecule has 1 aromatic rings. The Hall–Kier alpha value is -1.24. The summed E-state index contributed by atoms with van der Waals surface area (Å²) < 4.78 is 1.65. The molecule has 4 unspecified atom stereocenters. The lowest BCUT2D eigenvalue weighted by Crippen LogP contribution is -2.29. The van der Waals surface area contributed by atoms with Crippen LogP contribution in [0, 0.1) is 17.8 Å². The first-order valence-electron chi connectivity index (χ1n) is 7.07. The standard InChI is InChI=1S/C13H19N3O3S/c1-7(10-5-8-2-3-9(10)4-8)16-12(19)14-15-13(16)20-6-11(17)18/h7-10H,2-6H2,1H3,(H,14,19)(H,17,18). The van der Waals surface area contributed by atoms with Crippen LogP contribution in [0.25, 0.3) is 0 Å². The van der Waals surface area contributed by atoms with Gasteiger partial charge in [0.05, 0.1) is 5.75 Å². The van der Waals surface area contributed by atoms with E-state index in [1.807, 2.05) is 0 Å². The molecule has 2 aliphatic rings. The molecule has 2 saturated carbocycles. The Kier molecular flexibility index (Phi) is 3.62. The van der Waals surface area contributed by atoms with Gasteiger partial charge in [-0.2, -0.15) is 0 Å². The van der Waals surface area contributed by atoms with Gasteiger partial charge in [-0.1, -0.05) is 18.2 Å². The van der Waals surface area contributed by atoms with Crippen LogP contribution in [0.5, 0.6) is 0 Å². The molecule has 7 heteroatoms. The molecule has 1 aromatic heterocycles. The van der Waals surface area contributed by atoms with Gasteiger partial charge in [0.15, 0.2) is 5.16 Å². The van der Waals surface area contributed by atoms with E-state index in [0.717, 1.165) is 17.7 Å². The topological polar surface area (TPSA) is 88.0 Å². The largest absolute Gasteiger partial charge is 0.481 e. The van der Waals surface area contributed by atoms with Crippen molar-refractivity contribution in [3.63, 3.8) is 0 Å². The molecular weight excluding hydrogens is 278 g/mol. The minimum Gasteiger partial charge on any atom is -0.481 e. The van der Waals surface area contributed by atoms with Crippen molar-refractivity contribution in [2.75, 3.05) is 5.75 Å². The summed E-state index contributed by atoms with van der Waals surface area (Å²) in [5.41, 5.74) is -0.229. The fourth-order valence-corrected chi connectivity index (χ4v) is 4.70. The molecule has 2 aliphatic carbocycles. The van der Waals surface area contributed by atoms with Gasteiger partial charge in [-0.05, 0) is 43.9 Å². The van der Waals surface area contributed by atoms with E-state index in [2.05, 4.69) is 17.1 Å². The lowest BCUT2D eigenvalue weighted by molar-refractivity contribution is -0.133. The minimum absolute atomic E-state index is 0.0757. The molecule has 2 N–H and O–H groups in total. The zero-order valence-corrected chi connectivity index (χ0v) is 12.2. The van der Waals surface area contributed by atoms with Crippen molar-refractivity contribution in [3.05, 3.63) is 10.5 Å². The van der Waals surface area contributed by atoms with Crippen molar-refractivity contribution >= 4 is 17.7 Å². The molecule has 0 spiro atoms. The second kappa shape index (κ2) is 5.27. The predicted molar refractivity (Wildman–Crippen MR) is 74.9 cm³/mol. The molecule has 6 nitrogen and oxygen atoms in total. The molecule has 0 saturated heterocycles. The highest BCUT2D eigenvalue weighted by molar-refractivity contribution is 7.99. The van der Waals surface area contributed by atoms with Crippen molar-refractivity contribution in [1.82, 2.24) is 14.8 Å². The molecule has 0 aliphatic heterocycles. The first kappa shape index (κ1) is 13.7. The molecule has 0 radical (unpaired) electrons. The highest BCUT2D eigenvalue weighted by Gasteiger charge is 2.43. The van der Waals surface area contributed by atoms with E-state index in [0.29, 0.717) is 17.0 Å². The van der Waals surface area contributed by atoms with Crippen molar-refractivity contribution in [2.24, 2.45) is 17.8 Å². The molecule has 2 bridgehead atoms. The first-order chi connectivity index (χ1) is 9.56. The highest BCUT2D eigenvalue weighted by atomic mass is 32.2. The van der Waals surface area contributed by atoms with E-state index in [1.54, 1.807) is 4.57 Å². The third-order valence-electron chi connectivity index (χ3n) is 4.82. The van der Waals surface area contributed by atoms with Crippen molar-refractivity contribution in [3.8, 4) is 0 Å². The van der Waals surface area contributed by atoms with Crippen LogP contribution in [0.4, 0.5) is 0 Å². The van der Waals surface area contributed by atoms with Crippen molar-refractivity contribution in [2.45, 2.75) is 43.8 Å². The number of rotatable bonds is 5. The number of carbonyl (C=O) groups is 1. The normalized spacial score (nSPS) is 29.8. The Morgan fingerprint density at radius 3 is 2.95 bits per heavy atom. The maximum atomic E-state index is 12.0. The lowest BCUT2D eigenvalue weighted by atomic mass is 9.84. The summed E-state index contributed by atoms with van der Waals surface area (Å²) in [6.07, 6.45) is 5.07. The van der Waals surface area contributed by atoms with Gasteiger partial charge in [0, 0.05) is 6.04 Å². The number of fused-ring (bicyclic) bond motifs is 2. The van der Waals surface area contributed by atoms with Crippen LogP contribution in [0.2, 0.25) is 0 Å². The Labute approximate surface area is 121 Å². The van der Waals surface area contributed by atoms with E-state index in [9.17, 15) is 9.59 Å². The molecule has 0 aromatic carbocycles. The second-order valence-corrected chi connectivity index (χ2v) is 6.89. The van der Waals surface area contributed by atoms with Crippen LogP contribution < -0.4 is 5.69 Å². The number of thioether (sulfide) groups is 1. The van der Waals surface area contributed by atoms with Gasteiger partial charge in [0.2, 0.25) is 0 Å². The van der Waals surface area contributed by atoms with Gasteiger partial charge in [-0.3, -0.25) is 9.36 Å². The number of aliphatic carboxylic acids is 1. The second-order valence-electron chi connectivity index (χ2n) is 5.94. The summed E-state index contributed by atoms with van der Waals surface area (Å²) in [5.74, 6) is 1.09. The van der Waals surface area contributed by atoms with Gasteiger partial charge in [0.25, 0.3) is 0 Å². The fourth-order valence-electron chi connectivity index (χ4n) is 3.95. The van der Waals surface area contributed by atoms with E-state index in [-0.39, 0.29) is 17.5 Å². The van der Waals surface area contributed by atoms with Crippen LogP contribution in [-0.2, 0) is 4.79 Å². The van der Waals surface area contributed by atoms with E-state index in [1.165, 1.54) is 25.7 Å². The zero-order chi connectivity index (χ0) is 14.3. The van der Waals surface area contributed by atoms with Crippen molar-refractivity contribution < 1.29 is 9.90 Å². The van der Waals surface area contributed by atoms with Gasteiger partial charge in [-0.15, -0.1) is 5.10 Å². The number of nitrogens with zero attached hydrogens (tertiary/aromatic N) is 2. The average molecular weight is 297 g/mol. The average Bonchev–Trinajstić information content (AvgIpc) is 3.10. The molecule has 2 fully saturated rings. The Balaban J connectivity index is 1.80. The third-order valence-corrected chi connectivity index (χ3v) is 5.75. The SMILES string of the molecule is CC(C1CC2CCC1C2)n1c(SCC(=O)O)n[nH]c1=O. The highest BCUT2D eigenvalue weighted by Crippen LogP contribution is 2.52. The summed E-state index contributed by atoms with van der Waals surface area (Å²) in [5, 5.41) is 15.7. The monoisotopic (exact) mass is 297 g/mol. The quantitative estimate of drug-likeness (QED) is 0.808. The maximum Gasteiger partial charge on any atom is 0.344 e. The van der Waals surface area contributed by atoms with Gasteiger partial charge < -0.3 is 5.11 Å². The van der Waals surface area contributed by atoms with Crippen LogP contribution in [0.3, 0.4) is 0 Å². The number of carboxylic acid groups (broad SMARTS) is 1. The van der Waals surface area contributed by atoms with Gasteiger partial charge in [0.1, 0.15) is 0 Å². The van der Waals surface area contributed by atoms with E-state index < -0.39 is 5.97 Å². The van der Waals surface area contributed by atoms with Crippen LogP contribution in [0.15, 0.2) is 9.95 Å². The molecule has 0 amide bonds. The number of H-pyrrole nitrogens is 1. The Bertz CT molecular complexity index is 567. The molecule has 110 valence electrons. The lowest BCUT2D eigenvalue weighted by Gasteiger charge is -2.28. The van der Waals surface area contributed by atoms with E-state index in [4.69, 9.17) is 5.11 Å². The number of carboxylic acids is 1. The maximum absolute atomic E-state index is 12.0. The number of nitrogens with one attached hydrogen (secondary N) is 1. The summed E-state index contributed by atoms with van der Waals surface area (Å²) in [6.45, 7) is 2.06. The van der Waals surface area contributed by atoms with E-state index >= 15 is 0 Å². The van der Waals surface area contributed by atoms with Crippen LogP contribution >= 0.6 is 11.8 Å². The Morgan fingerprint density at radius 1 is 1.55 bits per heavy atom. The predicted octanol–water partition coefficient (Wildman–Crippen LogP) is 1.75. The molecule has 3 rings (SSSR count). The third kappa shape index (κ3) is 2.39. The smallest absolute Gasteiger partial charge is 0.344 e. The molecule has 20 heavy (non-hydrogen) atoms. The number of hydrogen-bond acceptors (Lipinski definition) is 4. The zero-order valence-electron chi connectivity index (χ0n) is 11.4. The van der Waals surface area contributed by atoms with Gasteiger partial charge >= 0.3 is 11.7 Å². The summed E-state index contributed by atoms with van der Waals surface area (Å²) in [4.78, 5) is 22.6. The molecular formula is C13H19N3O3S. The number of aromatic nitrogens is 3. The number of hydrogen-bond donors (Lipinski definition) is 2. The molecule has 1 heterocycles. The molecule has 4 atom stereocenters. The van der Waals surface area contributed by atoms with Crippen LogP contribution in [-0.4, -0.2) is 31.6 Å². The Morgan fingerprint density at radius 2 is 2.35 bits per heavy atom. The van der Waals surface area contributed by atoms with Crippen LogP contribution in [0.1, 0.15) is 38.6 Å². The summed E-state index contributed by atoms with van der Waals surface area (Å²) in [6, 6.07) is 0.0906. The first-order valence-corrected chi connectivity index (χ1v) is 8.06. The number of aromatic amines is 1. The van der Waals surface area contributed by atoms with Crippen molar-refractivity contribution in [1.29, 1.82) is 0 Å². The van der Waals surface area contributed by atoms with Gasteiger partial charge in [-0.25, -0.2) is 9.89 Å². The fraction of sp³-hybridized carbons (Fsp3) is 0.769. The summed E-state index contributed by atoms with van der Waals surface area (Å²) >= 11 is 1.10. The minimum atomic E-state index is -0.899.